The third kappa shape index (κ3) is 3.37. The standard InChI is InChI=1S/C28H27N3O6/c1-6-15(27-30-16-9-7-8-10-17(16)31-27)29-13(3)20-18(33)11-19-28(5,26(20)36)22-24(35)12(2)23(34)21(14(4)32)25(22)37-19/h7-11,15,29,34-35H,6H2,1-5H3,(H,30,31)/b20-13+/t15-,28+/m1/s1. The molecule has 2 atom stereocenters. The average Bonchev–Trinajstić information content (AvgIpc) is 3.40. The van der Waals surface area contributed by atoms with Gasteiger partial charge in [0.15, 0.2) is 17.3 Å². The van der Waals surface area contributed by atoms with E-state index in [2.05, 4.69) is 15.3 Å². The lowest BCUT2D eigenvalue weighted by atomic mass is 9.70. The Morgan fingerprint density at radius 1 is 1.19 bits per heavy atom. The molecule has 1 aromatic heterocycles. The molecule has 1 aliphatic carbocycles. The number of benzene rings is 2. The summed E-state index contributed by atoms with van der Waals surface area (Å²) in [4.78, 5) is 47.5. The number of aromatic nitrogens is 2. The molecule has 9 heteroatoms. The molecular weight excluding hydrogens is 474 g/mol. The van der Waals surface area contributed by atoms with Crippen LogP contribution in [0.5, 0.6) is 17.2 Å². The predicted octanol–water partition coefficient (Wildman–Crippen LogP) is 4.19. The van der Waals surface area contributed by atoms with Crippen LogP contribution >= 0.6 is 0 Å². The zero-order valence-corrected chi connectivity index (χ0v) is 21.1. The van der Waals surface area contributed by atoms with E-state index in [0.29, 0.717) is 17.9 Å². The SMILES string of the molecule is CC[C@@H](N/C(C)=C1\C(=O)C=C2Oc3c(C(C)=O)c(O)c(C)c(O)c3[C@@]2(C)C1=O)c1nc2ccccc2[nH]1. The quantitative estimate of drug-likeness (QED) is 0.232. The number of carbonyl (C=O) groups excluding carboxylic acids is 3. The van der Waals surface area contributed by atoms with Crippen LogP contribution in [-0.2, 0) is 15.0 Å². The lowest BCUT2D eigenvalue weighted by Crippen LogP contribution is -2.41. The second-order valence-electron chi connectivity index (χ2n) is 9.63. The molecule has 3 aromatic rings. The van der Waals surface area contributed by atoms with Crippen LogP contribution in [0, 0.1) is 6.92 Å². The van der Waals surface area contributed by atoms with Gasteiger partial charge in [-0.05, 0) is 46.2 Å². The van der Waals surface area contributed by atoms with Gasteiger partial charge in [0.1, 0.15) is 39.8 Å². The van der Waals surface area contributed by atoms with Crippen molar-refractivity contribution in [1.82, 2.24) is 15.3 Å². The number of phenolic OH excluding ortho intramolecular Hbond substituents is 2. The Morgan fingerprint density at radius 2 is 1.89 bits per heavy atom. The van der Waals surface area contributed by atoms with Crippen molar-refractivity contribution in [2.45, 2.75) is 52.5 Å². The summed E-state index contributed by atoms with van der Waals surface area (Å²) in [6.07, 6.45) is 1.83. The molecule has 0 unspecified atom stereocenters. The smallest absolute Gasteiger partial charge is 0.194 e. The second kappa shape index (κ2) is 8.33. The van der Waals surface area contributed by atoms with Crippen molar-refractivity contribution in [3.63, 3.8) is 0 Å². The normalized spacial score (nSPS) is 20.7. The van der Waals surface area contributed by atoms with Crippen molar-refractivity contribution in [3.05, 3.63) is 69.9 Å². The highest BCUT2D eigenvalue weighted by Gasteiger charge is 2.56. The molecule has 0 saturated heterocycles. The van der Waals surface area contributed by atoms with E-state index in [0.717, 1.165) is 11.0 Å². The number of H-pyrrole nitrogens is 1. The minimum absolute atomic E-state index is 0.00109. The van der Waals surface area contributed by atoms with Gasteiger partial charge >= 0.3 is 0 Å². The first-order valence-corrected chi connectivity index (χ1v) is 12.0. The van der Waals surface area contributed by atoms with Gasteiger partial charge in [-0.2, -0.15) is 0 Å². The van der Waals surface area contributed by atoms with Crippen LogP contribution < -0.4 is 10.1 Å². The molecule has 9 nitrogen and oxygen atoms in total. The number of ether oxygens (including phenoxy) is 1. The van der Waals surface area contributed by atoms with Crippen molar-refractivity contribution < 1.29 is 29.3 Å². The van der Waals surface area contributed by atoms with Gasteiger partial charge in [0.2, 0.25) is 0 Å². The first-order chi connectivity index (χ1) is 17.5. The summed E-state index contributed by atoms with van der Waals surface area (Å²) in [6.45, 7) is 7.86. The number of imidazole rings is 1. The fourth-order valence-corrected chi connectivity index (χ4v) is 5.20. The maximum Gasteiger partial charge on any atom is 0.194 e. The molecule has 1 aliphatic heterocycles. The van der Waals surface area contributed by atoms with Gasteiger partial charge in [0, 0.05) is 17.3 Å². The first kappa shape index (κ1) is 24.3. The molecule has 0 amide bonds. The molecule has 190 valence electrons. The number of para-hydroxylation sites is 2. The minimum Gasteiger partial charge on any atom is -0.507 e. The molecule has 2 heterocycles. The second-order valence-corrected chi connectivity index (χ2v) is 9.63. The lowest BCUT2D eigenvalue weighted by Gasteiger charge is -2.29. The number of hydrogen-bond donors (Lipinski definition) is 4. The van der Waals surface area contributed by atoms with E-state index in [9.17, 15) is 24.6 Å². The fourth-order valence-electron chi connectivity index (χ4n) is 5.20. The number of hydrogen-bond acceptors (Lipinski definition) is 8. The molecule has 2 aliphatic rings. The zero-order chi connectivity index (χ0) is 26.8. The highest BCUT2D eigenvalue weighted by molar-refractivity contribution is 6.31. The number of Topliss-reactive ketones (excluding diaryl/α,β-unsaturated/α-hetero) is 2. The monoisotopic (exact) mass is 501 g/mol. The lowest BCUT2D eigenvalue weighted by molar-refractivity contribution is -0.123. The predicted molar refractivity (Wildman–Crippen MR) is 136 cm³/mol. The Morgan fingerprint density at radius 3 is 2.54 bits per heavy atom. The number of ketones is 3. The maximum atomic E-state index is 14.0. The largest absolute Gasteiger partial charge is 0.507 e. The summed E-state index contributed by atoms with van der Waals surface area (Å²) in [5.41, 5.74) is 0.378. The summed E-state index contributed by atoms with van der Waals surface area (Å²) in [6, 6.07) is 7.32. The number of nitrogens with zero attached hydrogens (tertiary/aromatic N) is 1. The number of rotatable bonds is 5. The van der Waals surface area contributed by atoms with Crippen LogP contribution in [0.25, 0.3) is 11.0 Å². The number of fused-ring (bicyclic) bond motifs is 4. The van der Waals surface area contributed by atoms with Crippen LogP contribution in [0.1, 0.15) is 67.5 Å². The number of allylic oxidation sites excluding steroid dienone is 4. The molecule has 0 bridgehead atoms. The van der Waals surface area contributed by atoms with Crippen LogP contribution in [0.2, 0.25) is 0 Å². The highest BCUT2D eigenvalue weighted by Crippen LogP contribution is 2.57. The van der Waals surface area contributed by atoms with Crippen LogP contribution in [0.4, 0.5) is 0 Å². The maximum absolute atomic E-state index is 14.0. The summed E-state index contributed by atoms with van der Waals surface area (Å²) < 4.78 is 5.82. The molecule has 0 radical (unpaired) electrons. The third-order valence-corrected chi connectivity index (χ3v) is 7.30. The number of carbonyl (C=O) groups is 3. The van der Waals surface area contributed by atoms with Gasteiger partial charge < -0.3 is 25.3 Å². The summed E-state index contributed by atoms with van der Waals surface area (Å²) in [7, 11) is 0. The Balaban J connectivity index is 1.61. The summed E-state index contributed by atoms with van der Waals surface area (Å²) in [5, 5.41) is 24.8. The van der Waals surface area contributed by atoms with Crippen LogP contribution in [0.3, 0.4) is 0 Å². The Labute approximate surface area is 212 Å². The number of aromatic hydroxyl groups is 2. The Hall–Kier alpha value is -4.40. The van der Waals surface area contributed by atoms with E-state index in [4.69, 9.17) is 4.74 Å². The topological polar surface area (TPSA) is 142 Å². The van der Waals surface area contributed by atoms with Crippen molar-refractivity contribution in [1.29, 1.82) is 0 Å². The van der Waals surface area contributed by atoms with Crippen molar-refractivity contribution in [2.75, 3.05) is 0 Å². The van der Waals surface area contributed by atoms with E-state index < -0.39 is 28.5 Å². The van der Waals surface area contributed by atoms with Crippen molar-refractivity contribution in [3.8, 4) is 17.2 Å². The van der Waals surface area contributed by atoms with Crippen molar-refractivity contribution in [2.24, 2.45) is 0 Å². The molecule has 4 N–H and O–H groups in total. The number of phenols is 2. The minimum atomic E-state index is -1.56. The van der Waals surface area contributed by atoms with E-state index in [1.165, 1.54) is 19.9 Å². The number of aromatic amines is 1. The van der Waals surface area contributed by atoms with Crippen LogP contribution in [0.15, 0.2) is 47.4 Å². The van der Waals surface area contributed by atoms with Gasteiger partial charge in [-0.15, -0.1) is 0 Å². The van der Waals surface area contributed by atoms with Gasteiger partial charge in [0.05, 0.1) is 28.2 Å². The Bertz CT molecular complexity index is 1560. The zero-order valence-electron chi connectivity index (χ0n) is 21.1. The highest BCUT2D eigenvalue weighted by atomic mass is 16.5. The van der Waals surface area contributed by atoms with E-state index in [-0.39, 0.29) is 45.6 Å². The van der Waals surface area contributed by atoms with Gasteiger partial charge in [-0.25, -0.2) is 4.98 Å². The first-order valence-electron chi connectivity index (χ1n) is 12.0. The van der Waals surface area contributed by atoms with Crippen LogP contribution in [-0.4, -0.2) is 37.5 Å². The third-order valence-electron chi connectivity index (χ3n) is 7.30. The fraction of sp³-hybridized carbons (Fsp3) is 0.286. The molecule has 0 saturated carbocycles. The molecule has 2 aromatic carbocycles. The summed E-state index contributed by atoms with van der Waals surface area (Å²) in [5.74, 6) is -1.84. The number of nitrogens with one attached hydrogen (secondary N) is 2. The molecular formula is C28H27N3O6. The molecule has 0 fully saturated rings. The molecule has 5 rings (SSSR count). The molecule has 37 heavy (non-hydrogen) atoms. The van der Waals surface area contributed by atoms with E-state index in [1.54, 1.807) is 13.8 Å². The van der Waals surface area contributed by atoms with E-state index >= 15 is 0 Å². The molecule has 0 spiro atoms. The van der Waals surface area contributed by atoms with E-state index in [1.807, 2.05) is 31.2 Å². The van der Waals surface area contributed by atoms with Crippen molar-refractivity contribution >= 4 is 28.4 Å². The van der Waals surface area contributed by atoms with Gasteiger partial charge in [0.25, 0.3) is 0 Å². The summed E-state index contributed by atoms with van der Waals surface area (Å²) >= 11 is 0. The average molecular weight is 502 g/mol. The van der Waals surface area contributed by atoms with Gasteiger partial charge in [-0.3, -0.25) is 14.4 Å². The van der Waals surface area contributed by atoms with Gasteiger partial charge in [-0.1, -0.05) is 19.1 Å². The Kier molecular flexibility index (Phi) is 5.47.